The quantitative estimate of drug-likeness (QED) is 0.919. The van der Waals surface area contributed by atoms with E-state index in [0.717, 1.165) is 11.6 Å². The van der Waals surface area contributed by atoms with E-state index in [-0.39, 0.29) is 12.0 Å². The van der Waals surface area contributed by atoms with Gasteiger partial charge < -0.3 is 9.67 Å². The number of fused-ring (bicyclic) bond motifs is 1. The van der Waals surface area contributed by atoms with Gasteiger partial charge >= 0.3 is 0 Å². The summed E-state index contributed by atoms with van der Waals surface area (Å²) in [6.07, 6.45) is 3.95. The van der Waals surface area contributed by atoms with Gasteiger partial charge in [-0.05, 0) is 11.6 Å². The van der Waals surface area contributed by atoms with E-state index in [0.29, 0.717) is 6.42 Å². The minimum absolute atomic E-state index is 0.225. The molecule has 0 radical (unpaired) electrons. The minimum atomic E-state index is -0.359. The Bertz CT molecular complexity index is 552. The van der Waals surface area contributed by atoms with Gasteiger partial charge in [0.25, 0.3) is 0 Å². The van der Waals surface area contributed by atoms with E-state index in [2.05, 4.69) is 23.2 Å². The number of rotatable bonds is 3. The molecule has 0 fully saturated rings. The minimum Gasteiger partial charge on any atom is -0.392 e. The third kappa shape index (κ3) is 2.06. The fourth-order valence-electron chi connectivity index (χ4n) is 2.43. The molecule has 2 atom stereocenters. The summed E-state index contributed by atoms with van der Waals surface area (Å²) in [5.41, 5.74) is 1.28. The third-order valence-electron chi connectivity index (χ3n) is 3.51. The Labute approximate surface area is 111 Å². The number of aliphatic hydroxyl groups excluding tert-OH is 1. The predicted molar refractivity (Wildman–Crippen MR) is 72.8 cm³/mol. The average Bonchev–Trinajstić information content (AvgIpc) is 2.96. The monoisotopic (exact) mass is 260 g/mol. The smallest absolute Gasteiger partial charge is 0.110 e. The normalized spacial score (nSPS) is 19.8. The van der Waals surface area contributed by atoms with Crippen molar-refractivity contribution in [3.05, 3.63) is 48.0 Å². The standard InChI is InChI=1S/C14H16N2OS/c1-16-7-6-15-14(16)8-12(17)11-9-18-13-5-3-2-4-10(11)13/h2-7,11-12,17H,8-9H2,1H3. The van der Waals surface area contributed by atoms with Crippen molar-refractivity contribution in [3.63, 3.8) is 0 Å². The van der Waals surface area contributed by atoms with E-state index in [1.807, 2.05) is 35.6 Å². The molecule has 3 nitrogen and oxygen atoms in total. The van der Waals surface area contributed by atoms with Gasteiger partial charge in [-0.15, -0.1) is 11.8 Å². The first-order valence-electron chi connectivity index (χ1n) is 6.11. The highest BCUT2D eigenvalue weighted by Gasteiger charge is 2.29. The van der Waals surface area contributed by atoms with Gasteiger partial charge in [0, 0.05) is 42.4 Å². The molecule has 0 saturated carbocycles. The van der Waals surface area contributed by atoms with Crippen molar-refractivity contribution in [2.45, 2.75) is 23.3 Å². The lowest BCUT2D eigenvalue weighted by atomic mass is 9.93. The molecule has 0 aliphatic carbocycles. The Balaban J connectivity index is 1.79. The second-order valence-corrected chi connectivity index (χ2v) is 5.74. The Morgan fingerprint density at radius 2 is 2.33 bits per heavy atom. The zero-order valence-electron chi connectivity index (χ0n) is 10.3. The van der Waals surface area contributed by atoms with Crippen LogP contribution in [0.25, 0.3) is 0 Å². The molecule has 0 amide bonds. The zero-order valence-corrected chi connectivity index (χ0v) is 11.1. The molecule has 1 aliphatic heterocycles. The van der Waals surface area contributed by atoms with E-state index in [9.17, 15) is 5.11 Å². The van der Waals surface area contributed by atoms with Gasteiger partial charge in [-0.1, -0.05) is 18.2 Å². The van der Waals surface area contributed by atoms with Crippen molar-refractivity contribution < 1.29 is 5.11 Å². The molecular weight excluding hydrogens is 244 g/mol. The summed E-state index contributed by atoms with van der Waals surface area (Å²) < 4.78 is 1.97. The SMILES string of the molecule is Cn1ccnc1CC(O)C1CSc2ccccc21. The predicted octanol–water partition coefficient (Wildman–Crippen LogP) is 2.21. The second-order valence-electron chi connectivity index (χ2n) is 4.68. The summed E-state index contributed by atoms with van der Waals surface area (Å²) in [6.45, 7) is 0. The topological polar surface area (TPSA) is 38.0 Å². The van der Waals surface area contributed by atoms with Crippen molar-refractivity contribution >= 4 is 11.8 Å². The maximum atomic E-state index is 10.4. The van der Waals surface area contributed by atoms with Crippen LogP contribution in [-0.4, -0.2) is 26.5 Å². The van der Waals surface area contributed by atoms with Gasteiger partial charge in [0.05, 0.1) is 6.10 Å². The first kappa shape index (κ1) is 11.8. The molecule has 1 aliphatic rings. The molecule has 2 unspecified atom stereocenters. The molecule has 1 aromatic carbocycles. The van der Waals surface area contributed by atoms with Crippen LogP contribution in [0.2, 0.25) is 0 Å². The largest absolute Gasteiger partial charge is 0.392 e. The Kier molecular flexibility index (Phi) is 3.14. The van der Waals surface area contributed by atoms with E-state index in [4.69, 9.17) is 0 Å². The number of hydrogen-bond donors (Lipinski definition) is 1. The van der Waals surface area contributed by atoms with E-state index >= 15 is 0 Å². The Hall–Kier alpha value is -1.26. The summed E-state index contributed by atoms with van der Waals surface area (Å²) in [5.74, 6) is 2.13. The summed E-state index contributed by atoms with van der Waals surface area (Å²) in [7, 11) is 1.96. The van der Waals surface area contributed by atoms with Crippen LogP contribution in [0, 0.1) is 0 Å². The van der Waals surface area contributed by atoms with Gasteiger partial charge in [-0.2, -0.15) is 0 Å². The number of imidazole rings is 1. The zero-order chi connectivity index (χ0) is 12.5. The van der Waals surface area contributed by atoms with E-state index < -0.39 is 0 Å². The Morgan fingerprint density at radius 1 is 1.50 bits per heavy atom. The molecule has 94 valence electrons. The molecule has 0 spiro atoms. The lowest BCUT2D eigenvalue weighted by Crippen LogP contribution is -2.22. The first-order valence-corrected chi connectivity index (χ1v) is 7.10. The maximum absolute atomic E-state index is 10.4. The van der Waals surface area contributed by atoms with E-state index in [1.54, 1.807) is 6.20 Å². The molecular formula is C14H16N2OS. The van der Waals surface area contributed by atoms with Crippen molar-refractivity contribution in [1.82, 2.24) is 9.55 Å². The highest BCUT2D eigenvalue weighted by Crippen LogP contribution is 2.41. The molecule has 1 N–H and O–H groups in total. The summed E-state index contributed by atoms with van der Waals surface area (Å²) in [4.78, 5) is 5.59. The molecule has 18 heavy (non-hydrogen) atoms. The molecule has 1 aromatic heterocycles. The summed E-state index contributed by atoms with van der Waals surface area (Å²) in [5, 5.41) is 10.4. The molecule has 0 bridgehead atoms. The van der Waals surface area contributed by atoms with Gasteiger partial charge in [-0.25, -0.2) is 4.98 Å². The number of thioether (sulfide) groups is 1. The van der Waals surface area contributed by atoms with Crippen LogP contribution in [0.15, 0.2) is 41.6 Å². The maximum Gasteiger partial charge on any atom is 0.110 e. The van der Waals surface area contributed by atoms with Gasteiger partial charge in [0.2, 0.25) is 0 Å². The van der Waals surface area contributed by atoms with Crippen LogP contribution in [0.3, 0.4) is 0 Å². The van der Waals surface area contributed by atoms with E-state index in [1.165, 1.54) is 10.5 Å². The number of aryl methyl sites for hydroxylation is 1. The molecule has 0 saturated heterocycles. The van der Waals surface area contributed by atoms with Gasteiger partial charge in [0.15, 0.2) is 0 Å². The van der Waals surface area contributed by atoms with Crippen LogP contribution in [0.5, 0.6) is 0 Å². The number of aliphatic hydroxyl groups is 1. The fraction of sp³-hybridized carbons (Fsp3) is 0.357. The van der Waals surface area contributed by atoms with Crippen molar-refractivity contribution in [2.24, 2.45) is 7.05 Å². The van der Waals surface area contributed by atoms with Crippen molar-refractivity contribution in [2.75, 3.05) is 5.75 Å². The lowest BCUT2D eigenvalue weighted by molar-refractivity contribution is 0.148. The average molecular weight is 260 g/mol. The van der Waals surface area contributed by atoms with Crippen LogP contribution in [-0.2, 0) is 13.5 Å². The number of hydrogen-bond acceptors (Lipinski definition) is 3. The lowest BCUT2D eigenvalue weighted by Gasteiger charge is -2.18. The molecule has 2 heterocycles. The molecule has 3 rings (SSSR count). The summed E-state index contributed by atoms with van der Waals surface area (Å²) >= 11 is 1.83. The number of benzene rings is 1. The number of nitrogens with zero attached hydrogens (tertiary/aromatic N) is 2. The fourth-order valence-corrected chi connectivity index (χ4v) is 3.75. The van der Waals surface area contributed by atoms with Crippen LogP contribution < -0.4 is 0 Å². The van der Waals surface area contributed by atoms with Crippen LogP contribution >= 0.6 is 11.8 Å². The van der Waals surface area contributed by atoms with Crippen molar-refractivity contribution in [1.29, 1.82) is 0 Å². The second kappa shape index (κ2) is 4.78. The van der Waals surface area contributed by atoms with Crippen LogP contribution in [0.4, 0.5) is 0 Å². The summed E-state index contributed by atoms with van der Waals surface area (Å²) in [6, 6.07) is 8.36. The molecule has 2 aromatic rings. The number of aromatic nitrogens is 2. The van der Waals surface area contributed by atoms with Crippen LogP contribution in [0.1, 0.15) is 17.3 Å². The van der Waals surface area contributed by atoms with Gasteiger partial charge in [0.1, 0.15) is 5.82 Å². The van der Waals surface area contributed by atoms with Gasteiger partial charge in [-0.3, -0.25) is 0 Å². The highest BCUT2D eigenvalue weighted by atomic mass is 32.2. The Morgan fingerprint density at radius 3 is 3.11 bits per heavy atom. The third-order valence-corrected chi connectivity index (χ3v) is 4.72. The molecule has 4 heteroatoms. The first-order chi connectivity index (χ1) is 8.75. The highest BCUT2D eigenvalue weighted by molar-refractivity contribution is 7.99. The van der Waals surface area contributed by atoms with Crippen molar-refractivity contribution in [3.8, 4) is 0 Å².